The number of aryl methyl sites for hydroxylation is 1. The number of hydrogen-bond acceptors (Lipinski definition) is 4. The molecule has 1 fully saturated rings. The van der Waals surface area contributed by atoms with Gasteiger partial charge < -0.3 is 10.2 Å². The van der Waals surface area contributed by atoms with Crippen LogP contribution < -0.4 is 10.2 Å². The van der Waals surface area contributed by atoms with Gasteiger partial charge in [0.25, 0.3) is 0 Å². The number of hydrogen-bond donors (Lipinski definition) is 1. The van der Waals surface area contributed by atoms with Crippen molar-refractivity contribution in [2.75, 3.05) is 24.5 Å². The fourth-order valence-electron chi connectivity index (χ4n) is 2.62. The molecule has 0 aromatic carbocycles. The summed E-state index contributed by atoms with van der Waals surface area (Å²) in [6.45, 7) is 8.67. The lowest BCUT2D eigenvalue weighted by molar-refractivity contribution is 0.538. The smallest absolute Gasteiger partial charge is 0.147 e. The summed E-state index contributed by atoms with van der Waals surface area (Å²) in [6.07, 6.45) is 6.75. The number of nitrogens with zero attached hydrogens (tertiary/aromatic N) is 4. The van der Waals surface area contributed by atoms with Gasteiger partial charge in [0.05, 0.1) is 6.20 Å². The van der Waals surface area contributed by atoms with Crippen LogP contribution in [0, 0.1) is 0 Å². The summed E-state index contributed by atoms with van der Waals surface area (Å²) in [6, 6.07) is 0.626. The van der Waals surface area contributed by atoms with E-state index in [9.17, 15) is 0 Å². The molecule has 0 spiro atoms. The molecule has 0 saturated carbocycles. The highest BCUT2D eigenvalue weighted by atomic mass is 15.5. The monoisotopic (exact) mass is 251 g/mol. The van der Waals surface area contributed by atoms with Crippen molar-refractivity contribution in [3.8, 4) is 0 Å². The summed E-state index contributed by atoms with van der Waals surface area (Å²) in [5.41, 5.74) is 0. The molecule has 2 rings (SSSR count). The van der Waals surface area contributed by atoms with Crippen LogP contribution >= 0.6 is 0 Å². The largest absolute Gasteiger partial charge is 0.354 e. The topological polar surface area (TPSA) is 46.0 Å². The van der Waals surface area contributed by atoms with Crippen molar-refractivity contribution in [3.05, 3.63) is 6.20 Å². The Morgan fingerprint density at radius 1 is 1.44 bits per heavy atom. The van der Waals surface area contributed by atoms with E-state index in [1.807, 2.05) is 10.9 Å². The van der Waals surface area contributed by atoms with E-state index < -0.39 is 0 Å². The van der Waals surface area contributed by atoms with Crippen LogP contribution in [-0.4, -0.2) is 40.7 Å². The number of rotatable bonds is 7. The molecule has 0 bridgehead atoms. The van der Waals surface area contributed by atoms with E-state index in [-0.39, 0.29) is 0 Å². The fraction of sp³-hybridized carbons (Fsp3) is 0.846. The average Bonchev–Trinajstić information content (AvgIpc) is 3.00. The highest BCUT2D eigenvalue weighted by Gasteiger charge is 2.20. The average molecular weight is 251 g/mol. The molecular formula is C13H25N5. The van der Waals surface area contributed by atoms with Crippen LogP contribution in [0.25, 0.3) is 0 Å². The van der Waals surface area contributed by atoms with Gasteiger partial charge in [-0.3, -0.25) is 0 Å². The predicted octanol–water partition coefficient (Wildman–Crippen LogP) is 1.66. The van der Waals surface area contributed by atoms with Crippen LogP contribution in [0.1, 0.15) is 39.5 Å². The van der Waals surface area contributed by atoms with Gasteiger partial charge in [-0.15, -0.1) is 5.10 Å². The summed E-state index contributed by atoms with van der Waals surface area (Å²) in [4.78, 5) is 2.43. The first-order chi connectivity index (χ1) is 8.85. The number of aromatic nitrogens is 3. The Labute approximate surface area is 110 Å². The number of anilines is 1. The summed E-state index contributed by atoms with van der Waals surface area (Å²) in [5, 5.41) is 11.8. The molecular weight excluding hydrogens is 226 g/mol. The van der Waals surface area contributed by atoms with Crippen LogP contribution in [0.5, 0.6) is 0 Å². The maximum absolute atomic E-state index is 4.19. The molecule has 1 N–H and O–H groups in total. The lowest BCUT2D eigenvalue weighted by Crippen LogP contribution is -2.39. The molecule has 0 radical (unpaired) electrons. The van der Waals surface area contributed by atoms with Crippen molar-refractivity contribution in [3.63, 3.8) is 0 Å². The van der Waals surface area contributed by atoms with Gasteiger partial charge in [-0.25, -0.2) is 4.68 Å². The molecule has 1 saturated heterocycles. The van der Waals surface area contributed by atoms with E-state index in [2.05, 4.69) is 34.4 Å². The Morgan fingerprint density at radius 3 is 3.00 bits per heavy atom. The molecule has 1 aliphatic rings. The molecule has 1 atom stereocenters. The normalized spacial score (nSPS) is 19.3. The third-order valence-corrected chi connectivity index (χ3v) is 3.45. The Kier molecular flexibility index (Phi) is 4.99. The van der Waals surface area contributed by atoms with E-state index in [1.54, 1.807) is 0 Å². The molecule has 1 unspecified atom stereocenters. The maximum Gasteiger partial charge on any atom is 0.147 e. The maximum atomic E-state index is 4.19. The standard InChI is InChI=1S/C13H25N5/c1-3-8-17(11-12-6-5-7-14-12)13-10-15-16-18(13)9-4-2/h10,12,14H,3-9,11H2,1-2H3. The Hall–Kier alpha value is -1.10. The van der Waals surface area contributed by atoms with Crippen molar-refractivity contribution in [2.24, 2.45) is 0 Å². The quantitative estimate of drug-likeness (QED) is 0.800. The highest BCUT2D eigenvalue weighted by Crippen LogP contribution is 2.16. The summed E-state index contributed by atoms with van der Waals surface area (Å²) in [7, 11) is 0. The minimum atomic E-state index is 0.626. The minimum Gasteiger partial charge on any atom is -0.354 e. The minimum absolute atomic E-state index is 0.626. The SMILES string of the molecule is CCCN(CC1CCCN1)c1cnnn1CCC. The van der Waals surface area contributed by atoms with Gasteiger partial charge in [0.15, 0.2) is 0 Å². The van der Waals surface area contributed by atoms with Crippen molar-refractivity contribution in [1.82, 2.24) is 20.3 Å². The third kappa shape index (κ3) is 3.22. The van der Waals surface area contributed by atoms with E-state index in [0.717, 1.165) is 39.0 Å². The molecule has 1 aliphatic heterocycles. The van der Waals surface area contributed by atoms with Crippen LogP contribution in [0.4, 0.5) is 5.82 Å². The van der Waals surface area contributed by atoms with Gasteiger partial charge in [-0.2, -0.15) is 0 Å². The molecule has 18 heavy (non-hydrogen) atoms. The van der Waals surface area contributed by atoms with Gasteiger partial charge in [0.1, 0.15) is 5.82 Å². The first-order valence-electron chi connectivity index (χ1n) is 7.22. The molecule has 0 aliphatic carbocycles. The highest BCUT2D eigenvalue weighted by molar-refractivity contribution is 5.36. The molecule has 5 nitrogen and oxygen atoms in total. The molecule has 1 aromatic rings. The van der Waals surface area contributed by atoms with Gasteiger partial charge >= 0.3 is 0 Å². The summed E-state index contributed by atoms with van der Waals surface area (Å²) in [5.74, 6) is 1.17. The van der Waals surface area contributed by atoms with Crippen molar-refractivity contribution in [2.45, 2.75) is 52.1 Å². The van der Waals surface area contributed by atoms with Crippen LogP contribution in [-0.2, 0) is 6.54 Å². The fourth-order valence-corrected chi connectivity index (χ4v) is 2.62. The molecule has 5 heteroatoms. The second-order valence-corrected chi connectivity index (χ2v) is 5.05. The van der Waals surface area contributed by atoms with Crippen molar-refractivity contribution < 1.29 is 0 Å². The molecule has 0 amide bonds. The second kappa shape index (κ2) is 6.73. The molecule has 1 aromatic heterocycles. The van der Waals surface area contributed by atoms with E-state index in [0.29, 0.717) is 6.04 Å². The summed E-state index contributed by atoms with van der Waals surface area (Å²) < 4.78 is 2.03. The molecule has 102 valence electrons. The van der Waals surface area contributed by atoms with Gasteiger partial charge in [0, 0.05) is 25.7 Å². The first kappa shape index (κ1) is 13.3. The van der Waals surface area contributed by atoms with Crippen LogP contribution in [0.15, 0.2) is 6.20 Å². The van der Waals surface area contributed by atoms with Gasteiger partial charge in [0.2, 0.25) is 0 Å². The second-order valence-electron chi connectivity index (χ2n) is 5.05. The number of nitrogens with one attached hydrogen (secondary N) is 1. The van der Waals surface area contributed by atoms with E-state index in [4.69, 9.17) is 0 Å². The van der Waals surface area contributed by atoms with Crippen molar-refractivity contribution in [1.29, 1.82) is 0 Å². The Morgan fingerprint density at radius 2 is 2.33 bits per heavy atom. The lowest BCUT2D eigenvalue weighted by atomic mass is 10.2. The Bertz CT molecular complexity index is 343. The Balaban J connectivity index is 2.04. The van der Waals surface area contributed by atoms with Crippen LogP contribution in [0.3, 0.4) is 0 Å². The van der Waals surface area contributed by atoms with E-state index >= 15 is 0 Å². The van der Waals surface area contributed by atoms with Crippen LogP contribution in [0.2, 0.25) is 0 Å². The molecule has 2 heterocycles. The van der Waals surface area contributed by atoms with Gasteiger partial charge in [-0.1, -0.05) is 19.1 Å². The predicted molar refractivity (Wildman–Crippen MR) is 73.8 cm³/mol. The van der Waals surface area contributed by atoms with Gasteiger partial charge in [-0.05, 0) is 32.2 Å². The zero-order valence-electron chi connectivity index (χ0n) is 11.6. The summed E-state index contributed by atoms with van der Waals surface area (Å²) >= 11 is 0. The van der Waals surface area contributed by atoms with Crippen molar-refractivity contribution >= 4 is 5.82 Å². The first-order valence-corrected chi connectivity index (χ1v) is 7.22. The third-order valence-electron chi connectivity index (χ3n) is 3.45. The lowest BCUT2D eigenvalue weighted by Gasteiger charge is -2.27. The zero-order valence-corrected chi connectivity index (χ0v) is 11.6. The zero-order chi connectivity index (χ0) is 12.8. The van der Waals surface area contributed by atoms with E-state index in [1.165, 1.54) is 18.7 Å².